The Hall–Kier alpha value is -2.49. The van der Waals surface area contributed by atoms with Crippen LogP contribution in [0.25, 0.3) is 0 Å². The Bertz CT molecular complexity index is 670. The number of amides is 1. The molecule has 23 heavy (non-hydrogen) atoms. The van der Waals surface area contributed by atoms with Gasteiger partial charge >= 0.3 is 0 Å². The lowest BCUT2D eigenvalue weighted by Gasteiger charge is -2.20. The monoisotopic (exact) mass is 311 g/mol. The van der Waals surface area contributed by atoms with Crippen LogP contribution in [-0.2, 0) is 11.2 Å². The molecule has 0 aliphatic carbocycles. The van der Waals surface area contributed by atoms with E-state index in [1.165, 1.54) is 5.56 Å². The Morgan fingerprint density at radius 2 is 1.83 bits per heavy atom. The molecule has 120 valence electrons. The van der Waals surface area contributed by atoms with Crippen molar-refractivity contribution in [1.82, 2.24) is 5.32 Å². The molecular weight excluding hydrogens is 290 g/mol. The number of nitrogens with one attached hydrogen (secondary N) is 1. The van der Waals surface area contributed by atoms with E-state index in [0.717, 1.165) is 29.9 Å². The fraction of sp³-hybridized carbons (Fsp3) is 0.316. The number of hydrogen-bond acceptors (Lipinski definition) is 3. The molecule has 4 nitrogen and oxygen atoms in total. The van der Waals surface area contributed by atoms with Gasteiger partial charge in [-0.1, -0.05) is 36.4 Å². The van der Waals surface area contributed by atoms with E-state index in [0.29, 0.717) is 13.2 Å². The van der Waals surface area contributed by atoms with Gasteiger partial charge < -0.3 is 14.8 Å². The van der Waals surface area contributed by atoms with E-state index >= 15 is 0 Å². The summed E-state index contributed by atoms with van der Waals surface area (Å²) in [5.74, 6) is 1.48. The van der Waals surface area contributed by atoms with E-state index in [1.54, 1.807) is 6.92 Å². The molecule has 0 aromatic heterocycles. The van der Waals surface area contributed by atoms with Crippen molar-refractivity contribution in [3.05, 3.63) is 59.7 Å². The third-order valence-electron chi connectivity index (χ3n) is 3.83. The van der Waals surface area contributed by atoms with Gasteiger partial charge in [0, 0.05) is 13.3 Å². The molecule has 1 aliphatic heterocycles. The van der Waals surface area contributed by atoms with Gasteiger partial charge in [0.1, 0.15) is 0 Å². The van der Waals surface area contributed by atoms with Crippen molar-refractivity contribution in [3.8, 4) is 11.5 Å². The molecule has 4 heteroatoms. The van der Waals surface area contributed by atoms with Gasteiger partial charge in [-0.3, -0.25) is 4.79 Å². The minimum Gasteiger partial charge on any atom is -0.490 e. The molecule has 0 saturated carbocycles. The van der Waals surface area contributed by atoms with Gasteiger partial charge in [-0.15, -0.1) is 0 Å². The second-order valence-corrected chi connectivity index (χ2v) is 5.70. The lowest BCUT2D eigenvalue weighted by molar-refractivity contribution is -0.119. The predicted molar refractivity (Wildman–Crippen MR) is 88.8 cm³/mol. The van der Waals surface area contributed by atoms with Gasteiger partial charge in [0.25, 0.3) is 0 Å². The zero-order valence-corrected chi connectivity index (χ0v) is 13.2. The first-order chi connectivity index (χ1) is 11.2. The molecule has 0 bridgehead atoms. The molecule has 1 N–H and O–H groups in total. The third-order valence-corrected chi connectivity index (χ3v) is 3.83. The number of benzene rings is 2. The van der Waals surface area contributed by atoms with Crippen molar-refractivity contribution in [3.63, 3.8) is 0 Å². The molecule has 2 aromatic rings. The second kappa shape index (κ2) is 7.18. The van der Waals surface area contributed by atoms with Crippen LogP contribution in [-0.4, -0.2) is 19.1 Å². The Labute approximate surface area is 136 Å². The molecule has 0 saturated heterocycles. The van der Waals surface area contributed by atoms with Crippen LogP contribution in [0.1, 0.15) is 30.5 Å². The van der Waals surface area contributed by atoms with Crippen LogP contribution in [0.15, 0.2) is 48.5 Å². The normalized spacial score (nSPS) is 14.7. The van der Waals surface area contributed by atoms with Gasteiger partial charge in [-0.05, 0) is 29.7 Å². The first-order valence-corrected chi connectivity index (χ1v) is 7.93. The molecule has 2 aromatic carbocycles. The van der Waals surface area contributed by atoms with E-state index in [4.69, 9.17) is 9.47 Å². The summed E-state index contributed by atoms with van der Waals surface area (Å²) in [7, 11) is 0. The van der Waals surface area contributed by atoms with E-state index in [9.17, 15) is 4.79 Å². The van der Waals surface area contributed by atoms with Crippen LogP contribution in [0.3, 0.4) is 0 Å². The fourth-order valence-electron chi connectivity index (χ4n) is 2.74. The van der Waals surface area contributed by atoms with Crippen molar-refractivity contribution in [2.24, 2.45) is 0 Å². The van der Waals surface area contributed by atoms with E-state index in [2.05, 4.69) is 17.4 Å². The third kappa shape index (κ3) is 4.03. The highest BCUT2D eigenvalue weighted by molar-refractivity contribution is 5.73. The number of carbonyl (C=O) groups is 1. The number of ether oxygens (including phenoxy) is 2. The smallest absolute Gasteiger partial charge is 0.217 e. The molecule has 3 rings (SSSR count). The van der Waals surface area contributed by atoms with Gasteiger partial charge in [0.15, 0.2) is 11.5 Å². The van der Waals surface area contributed by atoms with Crippen LogP contribution in [0.2, 0.25) is 0 Å². The van der Waals surface area contributed by atoms with Crippen molar-refractivity contribution < 1.29 is 14.3 Å². The molecule has 0 radical (unpaired) electrons. The summed E-state index contributed by atoms with van der Waals surface area (Å²) in [6.07, 6.45) is 1.61. The van der Waals surface area contributed by atoms with Crippen LogP contribution in [0.5, 0.6) is 11.5 Å². The molecule has 0 unspecified atom stereocenters. The molecule has 0 fully saturated rings. The predicted octanol–water partition coefficient (Wildman–Crippen LogP) is 3.27. The zero-order valence-electron chi connectivity index (χ0n) is 13.2. The first-order valence-electron chi connectivity index (χ1n) is 7.93. The summed E-state index contributed by atoms with van der Waals surface area (Å²) in [5.41, 5.74) is 2.20. The Balaban J connectivity index is 1.87. The molecule has 0 spiro atoms. The maximum Gasteiger partial charge on any atom is 0.217 e. The summed E-state index contributed by atoms with van der Waals surface area (Å²) < 4.78 is 11.4. The van der Waals surface area contributed by atoms with Crippen molar-refractivity contribution in [2.75, 3.05) is 13.2 Å². The minimum atomic E-state index is -0.0907. The number of hydrogen-bond donors (Lipinski definition) is 1. The fourth-order valence-corrected chi connectivity index (χ4v) is 2.74. The quantitative estimate of drug-likeness (QED) is 0.942. The SMILES string of the molecule is CC(=O)N[C@@H](Cc1ccccc1)c1ccc2c(c1)OCCCO2. The summed E-state index contributed by atoms with van der Waals surface area (Å²) in [6.45, 7) is 2.87. The summed E-state index contributed by atoms with van der Waals surface area (Å²) in [6, 6.07) is 16.0. The number of rotatable bonds is 4. The largest absolute Gasteiger partial charge is 0.490 e. The molecule has 1 amide bonds. The van der Waals surface area contributed by atoms with Gasteiger partial charge in [0.05, 0.1) is 19.3 Å². The highest BCUT2D eigenvalue weighted by Crippen LogP contribution is 2.33. The van der Waals surface area contributed by atoms with E-state index < -0.39 is 0 Å². The maximum atomic E-state index is 11.6. The van der Waals surface area contributed by atoms with Crippen molar-refractivity contribution in [2.45, 2.75) is 25.8 Å². The standard InChI is InChI=1S/C19H21NO3/c1-14(21)20-17(12-15-6-3-2-4-7-15)16-8-9-18-19(13-16)23-11-5-10-22-18/h2-4,6-9,13,17H,5,10-12H2,1H3,(H,20,21)/t17-/m0/s1. The van der Waals surface area contributed by atoms with Crippen LogP contribution in [0, 0.1) is 0 Å². The molecule has 1 atom stereocenters. The number of fused-ring (bicyclic) bond motifs is 1. The second-order valence-electron chi connectivity index (χ2n) is 5.70. The lowest BCUT2D eigenvalue weighted by Crippen LogP contribution is -2.27. The lowest BCUT2D eigenvalue weighted by atomic mass is 9.98. The highest BCUT2D eigenvalue weighted by atomic mass is 16.5. The maximum absolute atomic E-state index is 11.6. The Morgan fingerprint density at radius 3 is 2.57 bits per heavy atom. The zero-order chi connectivity index (χ0) is 16.1. The molecule has 1 heterocycles. The van der Waals surface area contributed by atoms with Crippen LogP contribution >= 0.6 is 0 Å². The first kappa shape index (κ1) is 15.4. The van der Waals surface area contributed by atoms with Gasteiger partial charge in [0.2, 0.25) is 5.91 Å². The van der Waals surface area contributed by atoms with E-state index in [1.807, 2.05) is 36.4 Å². The summed E-state index contributed by atoms with van der Waals surface area (Å²) in [5, 5.41) is 3.03. The van der Waals surface area contributed by atoms with Gasteiger partial charge in [-0.2, -0.15) is 0 Å². The van der Waals surface area contributed by atoms with Crippen molar-refractivity contribution in [1.29, 1.82) is 0 Å². The average molecular weight is 311 g/mol. The molecule has 1 aliphatic rings. The summed E-state index contributed by atoms with van der Waals surface area (Å²) >= 11 is 0. The minimum absolute atomic E-state index is 0.0435. The summed E-state index contributed by atoms with van der Waals surface area (Å²) in [4.78, 5) is 11.6. The van der Waals surface area contributed by atoms with Crippen molar-refractivity contribution >= 4 is 5.91 Å². The Morgan fingerprint density at radius 1 is 1.09 bits per heavy atom. The van der Waals surface area contributed by atoms with Crippen LogP contribution in [0.4, 0.5) is 0 Å². The van der Waals surface area contributed by atoms with Crippen LogP contribution < -0.4 is 14.8 Å². The Kier molecular flexibility index (Phi) is 4.81. The molecular formula is C19H21NO3. The van der Waals surface area contributed by atoms with Gasteiger partial charge in [-0.25, -0.2) is 0 Å². The highest BCUT2D eigenvalue weighted by Gasteiger charge is 2.17. The van der Waals surface area contributed by atoms with E-state index in [-0.39, 0.29) is 11.9 Å². The average Bonchev–Trinajstić information content (AvgIpc) is 2.79. The topological polar surface area (TPSA) is 47.6 Å². The number of carbonyl (C=O) groups excluding carboxylic acids is 1.